The summed E-state index contributed by atoms with van der Waals surface area (Å²) in [5, 5.41) is 2.65. The van der Waals surface area contributed by atoms with Gasteiger partial charge in [-0.2, -0.15) is 0 Å². The van der Waals surface area contributed by atoms with Gasteiger partial charge in [0.2, 0.25) is 5.54 Å². The summed E-state index contributed by atoms with van der Waals surface area (Å²) in [4.78, 5) is 19.3. The third-order valence-electron chi connectivity index (χ3n) is 3.84. The molecule has 0 radical (unpaired) electrons. The fourth-order valence-electron chi connectivity index (χ4n) is 2.71. The van der Waals surface area contributed by atoms with Crippen molar-refractivity contribution >= 4 is 23.2 Å². The Bertz CT molecular complexity index is 708. The van der Waals surface area contributed by atoms with Gasteiger partial charge >= 0.3 is 0 Å². The van der Waals surface area contributed by atoms with Gasteiger partial charge in [0.05, 0.1) is 0 Å². The van der Waals surface area contributed by atoms with Crippen molar-refractivity contribution in [2.24, 2.45) is 10.7 Å². The number of unbranched alkanes of at least 4 members (excludes halogenated alkanes) is 1. The second kappa shape index (κ2) is 5.93. The normalized spacial score (nSPS) is 20.8. The van der Waals surface area contributed by atoms with Gasteiger partial charge in [0.15, 0.2) is 5.96 Å². The van der Waals surface area contributed by atoms with Crippen LogP contribution in [-0.2, 0) is 16.8 Å². The smallest absolute Gasteiger partial charge is 0.264 e. The molecule has 3 N–H and O–H groups in total. The topological polar surface area (TPSA) is 67.5 Å². The lowest BCUT2D eigenvalue weighted by Gasteiger charge is -2.22. The molecule has 1 atom stereocenters. The van der Waals surface area contributed by atoms with Crippen molar-refractivity contribution < 1.29 is 4.79 Å². The summed E-state index contributed by atoms with van der Waals surface area (Å²) in [6.07, 6.45) is 3.34. The number of benzene rings is 1. The Morgan fingerprint density at radius 1 is 1.23 bits per heavy atom. The van der Waals surface area contributed by atoms with E-state index in [9.17, 15) is 4.79 Å². The molecule has 1 aromatic carbocycles. The standard InChI is InChI=1S/C17H19N3OS/c1-2-3-9-13-10-11-14(22-13)17(12-7-5-4-6-8-12)15(21)19-16(18)20-17/h4-8,10-11H,2-3,9H2,1H3,(H3,18,19,20,21). The molecule has 2 aromatic rings. The van der Waals surface area contributed by atoms with Crippen molar-refractivity contribution in [3.05, 3.63) is 57.8 Å². The number of aryl methyl sites for hydroxylation is 1. The van der Waals surface area contributed by atoms with E-state index >= 15 is 0 Å². The highest BCUT2D eigenvalue weighted by atomic mass is 32.1. The van der Waals surface area contributed by atoms with Gasteiger partial charge < -0.3 is 5.73 Å². The summed E-state index contributed by atoms with van der Waals surface area (Å²) in [5.74, 6) is -0.00236. The van der Waals surface area contributed by atoms with E-state index < -0.39 is 5.54 Å². The number of nitrogens with two attached hydrogens (primary N) is 1. The fourth-order valence-corrected chi connectivity index (χ4v) is 3.91. The third-order valence-corrected chi connectivity index (χ3v) is 5.10. The molecular weight excluding hydrogens is 294 g/mol. The molecule has 0 spiro atoms. The van der Waals surface area contributed by atoms with Crippen molar-refractivity contribution in [1.29, 1.82) is 0 Å². The minimum atomic E-state index is -1.04. The van der Waals surface area contributed by atoms with Crippen molar-refractivity contribution in [2.75, 3.05) is 0 Å². The summed E-state index contributed by atoms with van der Waals surface area (Å²) in [6, 6.07) is 13.7. The lowest BCUT2D eigenvalue weighted by molar-refractivity contribution is -0.122. The largest absolute Gasteiger partial charge is 0.370 e. The number of rotatable bonds is 5. The molecule has 0 saturated heterocycles. The zero-order valence-corrected chi connectivity index (χ0v) is 13.3. The van der Waals surface area contributed by atoms with Gasteiger partial charge in [0, 0.05) is 9.75 Å². The van der Waals surface area contributed by atoms with E-state index in [0.29, 0.717) is 0 Å². The summed E-state index contributed by atoms with van der Waals surface area (Å²) in [5.41, 5.74) is 5.59. The molecule has 0 saturated carbocycles. The molecule has 114 valence electrons. The molecule has 1 unspecified atom stereocenters. The van der Waals surface area contributed by atoms with Gasteiger partial charge in [0.1, 0.15) is 0 Å². The summed E-state index contributed by atoms with van der Waals surface area (Å²) >= 11 is 1.65. The summed E-state index contributed by atoms with van der Waals surface area (Å²) < 4.78 is 0. The van der Waals surface area contributed by atoms with Gasteiger partial charge in [0.25, 0.3) is 5.91 Å². The Labute approximate surface area is 134 Å². The first-order chi connectivity index (χ1) is 10.7. The number of carbonyl (C=O) groups excluding carboxylic acids is 1. The van der Waals surface area contributed by atoms with E-state index in [1.165, 1.54) is 4.88 Å². The number of aliphatic imine (C=N–C) groups is 1. The Morgan fingerprint density at radius 2 is 2.00 bits per heavy atom. The molecule has 0 bridgehead atoms. The van der Waals surface area contributed by atoms with Gasteiger partial charge in [-0.3, -0.25) is 10.1 Å². The van der Waals surface area contributed by atoms with Crippen LogP contribution in [0.25, 0.3) is 0 Å². The fraction of sp³-hybridized carbons (Fsp3) is 0.294. The van der Waals surface area contributed by atoms with Crippen LogP contribution >= 0.6 is 11.3 Å². The van der Waals surface area contributed by atoms with Crippen molar-refractivity contribution in [3.63, 3.8) is 0 Å². The molecule has 1 aliphatic heterocycles. The Balaban J connectivity index is 2.08. The first-order valence-electron chi connectivity index (χ1n) is 7.48. The number of carbonyl (C=O) groups is 1. The maximum Gasteiger partial charge on any atom is 0.264 e. The van der Waals surface area contributed by atoms with Crippen molar-refractivity contribution in [3.8, 4) is 0 Å². The van der Waals surface area contributed by atoms with Gasteiger partial charge in [-0.25, -0.2) is 4.99 Å². The molecular formula is C17H19N3OS. The summed E-state index contributed by atoms with van der Waals surface area (Å²) in [7, 11) is 0. The highest BCUT2D eigenvalue weighted by Crippen LogP contribution is 2.40. The highest BCUT2D eigenvalue weighted by molar-refractivity contribution is 7.12. The molecule has 4 nitrogen and oxygen atoms in total. The minimum Gasteiger partial charge on any atom is -0.370 e. The number of nitrogens with one attached hydrogen (secondary N) is 1. The zero-order chi connectivity index (χ0) is 15.6. The number of guanidine groups is 1. The predicted octanol–water partition coefficient (Wildman–Crippen LogP) is 2.78. The van der Waals surface area contributed by atoms with Crippen LogP contribution in [0, 0.1) is 0 Å². The van der Waals surface area contributed by atoms with Crippen LogP contribution in [0.2, 0.25) is 0 Å². The highest BCUT2D eigenvalue weighted by Gasteiger charge is 2.47. The summed E-state index contributed by atoms with van der Waals surface area (Å²) in [6.45, 7) is 2.18. The monoisotopic (exact) mass is 313 g/mol. The molecule has 22 heavy (non-hydrogen) atoms. The van der Waals surface area contributed by atoms with Crippen LogP contribution in [0.15, 0.2) is 47.5 Å². The number of nitrogens with zero attached hydrogens (tertiary/aromatic N) is 1. The first-order valence-corrected chi connectivity index (χ1v) is 8.30. The molecule has 2 heterocycles. The van der Waals surface area contributed by atoms with Gasteiger partial charge in [-0.15, -0.1) is 11.3 Å². The van der Waals surface area contributed by atoms with Crippen molar-refractivity contribution in [2.45, 2.75) is 31.7 Å². The third kappa shape index (κ3) is 2.41. The maximum absolute atomic E-state index is 12.6. The molecule has 3 rings (SSSR count). The Hall–Kier alpha value is -2.14. The van der Waals surface area contributed by atoms with E-state index in [1.54, 1.807) is 11.3 Å². The molecule has 1 amide bonds. The van der Waals surface area contributed by atoms with E-state index in [0.717, 1.165) is 29.7 Å². The number of amides is 1. The van der Waals surface area contributed by atoms with E-state index in [2.05, 4.69) is 23.3 Å². The average molecular weight is 313 g/mol. The first kappa shape index (κ1) is 14.8. The lowest BCUT2D eigenvalue weighted by atomic mass is 9.88. The molecule has 1 aromatic heterocycles. The second-order valence-corrected chi connectivity index (χ2v) is 6.57. The van der Waals surface area contributed by atoms with Crippen LogP contribution < -0.4 is 11.1 Å². The molecule has 1 aliphatic rings. The van der Waals surface area contributed by atoms with Crippen LogP contribution in [-0.4, -0.2) is 11.9 Å². The van der Waals surface area contributed by atoms with Crippen LogP contribution in [0.4, 0.5) is 0 Å². The number of thiophene rings is 1. The average Bonchev–Trinajstić information content (AvgIpc) is 3.11. The number of hydrogen-bond acceptors (Lipinski definition) is 4. The quantitative estimate of drug-likeness (QED) is 0.891. The van der Waals surface area contributed by atoms with E-state index in [-0.39, 0.29) is 11.9 Å². The Morgan fingerprint density at radius 3 is 2.64 bits per heavy atom. The molecule has 0 aliphatic carbocycles. The predicted molar refractivity (Wildman–Crippen MR) is 89.9 cm³/mol. The SMILES string of the molecule is CCCCc1ccc(C2(c3ccccc3)N=C(N)NC2=O)s1. The van der Waals surface area contributed by atoms with Crippen molar-refractivity contribution in [1.82, 2.24) is 5.32 Å². The van der Waals surface area contributed by atoms with Crippen LogP contribution in [0.5, 0.6) is 0 Å². The zero-order valence-electron chi connectivity index (χ0n) is 12.5. The second-order valence-electron chi connectivity index (χ2n) is 5.40. The Kier molecular flexibility index (Phi) is 3.98. The molecule has 0 fully saturated rings. The van der Waals surface area contributed by atoms with Gasteiger partial charge in [-0.1, -0.05) is 43.7 Å². The molecule has 5 heteroatoms. The maximum atomic E-state index is 12.6. The minimum absolute atomic E-state index is 0.178. The van der Waals surface area contributed by atoms with E-state index in [4.69, 9.17) is 5.73 Å². The van der Waals surface area contributed by atoms with Crippen LogP contribution in [0.3, 0.4) is 0 Å². The van der Waals surface area contributed by atoms with Gasteiger partial charge in [-0.05, 0) is 30.5 Å². The lowest BCUT2D eigenvalue weighted by Crippen LogP contribution is -2.39. The number of hydrogen-bond donors (Lipinski definition) is 2. The van der Waals surface area contributed by atoms with Crippen LogP contribution in [0.1, 0.15) is 35.1 Å². The van der Waals surface area contributed by atoms with E-state index in [1.807, 2.05) is 36.4 Å².